The molecule has 0 saturated carbocycles. The molecule has 2 unspecified atom stereocenters. The fourth-order valence-electron chi connectivity index (χ4n) is 3.90. The summed E-state index contributed by atoms with van der Waals surface area (Å²) in [5.74, 6) is -3.09. The third-order valence-corrected chi connectivity index (χ3v) is 6.72. The lowest BCUT2D eigenvalue weighted by Gasteiger charge is -2.37. The molecule has 0 radical (unpaired) electrons. The number of carbonyl (C=O) groups excluding carboxylic acids is 1. The molecule has 1 aromatic carbocycles. The van der Waals surface area contributed by atoms with E-state index in [0.29, 0.717) is 27.1 Å². The van der Waals surface area contributed by atoms with Crippen molar-refractivity contribution in [1.29, 1.82) is 0 Å². The summed E-state index contributed by atoms with van der Waals surface area (Å²) in [4.78, 5) is 27.5. The molecule has 11 heteroatoms. The van der Waals surface area contributed by atoms with Gasteiger partial charge in [0.2, 0.25) is 5.16 Å². The first-order valence-electron chi connectivity index (χ1n) is 10.3. The van der Waals surface area contributed by atoms with Crippen LogP contribution in [0.15, 0.2) is 48.0 Å². The molecule has 1 aliphatic heterocycles. The number of pyridine rings is 1. The molecule has 1 amide bonds. The first-order chi connectivity index (χ1) is 15.7. The number of halogens is 3. The van der Waals surface area contributed by atoms with E-state index in [1.165, 1.54) is 18.6 Å². The van der Waals surface area contributed by atoms with Crippen LogP contribution in [0.25, 0.3) is 10.9 Å². The molecule has 174 valence electrons. The average molecular weight is 494 g/mol. The van der Waals surface area contributed by atoms with Gasteiger partial charge in [-0.15, -0.1) is 0 Å². The highest BCUT2D eigenvalue weighted by Crippen LogP contribution is 2.32. The summed E-state index contributed by atoms with van der Waals surface area (Å²) in [6.07, 6.45) is 5.63. The van der Waals surface area contributed by atoms with Gasteiger partial charge in [-0.1, -0.05) is 17.7 Å². The van der Waals surface area contributed by atoms with Gasteiger partial charge in [0.1, 0.15) is 0 Å². The minimum atomic E-state index is -2.70. The molecule has 0 bridgehead atoms. The third kappa shape index (κ3) is 5.34. The Kier molecular flexibility index (Phi) is 6.96. The van der Waals surface area contributed by atoms with Crippen LogP contribution in [0, 0.1) is 0 Å². The topological polar surface area (TPSA) is 88.1 Å². The first kappa shape index (κ1) is 23.6. The first-order valence-corrected chi connectivity index (χ1v) is 12.3. The summed E-state index contributed by atoms with van der Waals surface area (Å²) >= 11 is 6.33. The molecule has 2 atom stereocenters. The van der Waals surface area contributed by atoms with E-state index < -0.39 is 28.7 Å². The molecule has 3 aromatic rings. The van der Waals surface area contributed by atoms with E-state index in [1.54, 1.807) is 30.5 Å². The molecular formula is C22H22ClF2N5O2S. The van der Waals surface area contributed by atoms with Crippen LogP contribution in [-0.4, -0.2) is 61.8 Å². The molecule has 2 aromatic heterocycles. The highest BCUT2D eigenvalue weighted by molar-refractivity contribution is 7.84. The Labute approximate surface area is 197 Å². The van der Waals surface area contributed by atoms with Crippen LogP contribution in [0.5, 0.6) is 0 Å². The van der Waals surface area contributed by atoms with Gasteiger partial charge < -0.3 is 5.32 Å². The van der Waals surface area contributed by atoms with Crippen molar-refractivity contribution in [2.24, 2.45) is 0 Å². The highest BCUT2D eigenvalue weighted by atomic mass is 35.5. The van der Waals surface area contributed by atoms with Gasteiger partial charge in [0, 0.05) is 68.3 Å². The molecule has 7 nitrogen and oxygen atoms in total. The highest BCUT2D eigenvalue weighted by Gasteiger charge is 2.37. The summed E-state index contributed by atoms with van der Waals surface area (Å²) in [6, 6.07) is 6.42. The molecule has 3 heterocycles. The van der Waals surface area contributed by atoms with Crippen molar-refractivity contribution in [2.45, 2.75) is 30.0 Å². The van der Waals surface area contributed by atoms with Crippen LogP contribution in [0.1, 0.15) is 34.8 Å². The lowest BCUT2D eigenvalue weighted by atomic mass is 10.0. The second-order valence-corrected chi connectivity index (χ2v) is 9.54. The summed E-state index contributed by atoms with van der Waals surface area (Å²) in [7, 11) is -1.34. The summed E-state index contributed by atoms with van der Waals surface area (Å²) in [6.45, 7) is 0.456. The van der Waals surface area contributed by atoms with E-state index >= 15 is 0 Å². The molecule has 4 rings (SSSR count). The maximum absolute atomic E-state index is 13.7. The van der Waals surface area contributed by atoms with Crippen LogP contribution in [-0.2, 0) is 10.8 Å². The van der Waals surface area contributed by atoms with Gasteiger partial charge in [-0.3, -0.25) is 18.9 Å². The van der Waals surface area contributed by atoms with Crippen LogP contribution in [0.3, 0.4) is 0 Å². The van der Waals surface area contributed by atoms with Gasteiger partial charge in [-0.05, 0) is 18.2 Å². The van der Waals surface area contributed by atoms with E-state index in [9.17, 15) is 17.8 Å². The number of carbonyl (C=O) groups is 1. The molecule has 0 aliphatic carbocycles. The fourth-order valence-corrected chi connectivity index (χ4v) is 4.55. The Morgan fingerprint density at radius 2 is 1.91 bits per heavy atom. The van der Waals surface area contributed by atoms with Gasteiger partial charge in [-0.25, -0.2) is 18.7 Å². The Morgan fingerprint density at radius 1 is 1.21 bits per heavy atom. The van der Waals surface area contributed by atoms with E-state index in [2.05, 4.69) is 20.3 Å². The zero-order valence-electron chi connectivity index (χ0n) is 17.8. The number of benzene rings is 1. The summed E-state index contributed by atoms with van der Waals surface area (Å²) in [5.41, 5.74) is 1.58. The Balaban J connectivity index is 1.59. The largest absolute Gasteiger partial charge is 0.350 e. The van der Waals surface area contributed by atoms with E-state index in [1.807, 2.05) is 4.90 Å². The number of amides is 1. The SMILES string of the molecule is CS(=O)c1ncc(C(CNC(=O)c2c(Cl)ccc3ncccc23)N2CCC(F)(F)CC2)cn1. The van der Waals surface area contributed by atoms with Crippen LogP contribution >= 0.6 is 11.6 Å². The van der Waals surface area contributed by atoms with Crippen molar-refractivity contribution in [3.63, 3.8) is 0 Å². The lowest BCUT2D eigenvalue weighted by Crippen LogP contribution is -2.45. The predicted molar refractivity (Wildman–Crippen MR) is 122 cm³/mol. The second-order valence-electron chi connectivity index (χ2n) is 7.86. The zero-order chi connectivity index (χ0) is 23.6. The summed E-state index contributed by atoms with van der Waals surface area (Å²) in [5, 5.41) is 3.98. The number of hydrogen-bond donors (Lipinski definition) is 1. The number of piperidine rings is 1. The van der Waals surface area contributed by atoms with E-state index in [4.69, 9.17) is 11.6 Å². The summed E-state index contributed by atoms with van der Waals surface area (Å²) < 4.78 is 39.1. The van der Waals surface area contributed by atoms with Crippen molar-refractivity contribution in [1.82, 2.24) is 25.2 Å². The van der Waals surface area contributed by atoms with E-state index in [0.717, 1.165) is 0 Å². The average Bonchev–Trinajstić information content (AvgIpc) is 2.80. The van der Waals surface area contributed by atoms with Crippen molar-refractivity contribution in [2.75, 3.05) is 25.9 Å². The van der Waals surface area contributed by atoms with Gasteiger partial charge in [0.05, 0.1) is 32.9 Å². The molecule has 33 heavy (non-hydrogen) atoms. The smallest absolute Gasteiger partial charge is 0.253 e. The second kappa shape index (κ2) is 9.74. The Bertz CT molecular complexity index is 1190. The molecule has 1 N–H and O–H groups in total. The van der Waals surface area contributed by atoms with Crippen LogP contribution in [0.2, 0.25) is 5.02 Å². The number of likely N-dealkylation sites (tertiary alicyclic amines) is 1. The molecule has 1 fully saturated rings. The number of hydrogen-bond acceptors (Lipinski definition) is 6. The minimum Gasteiger partial charge on any atom is -0.350 e. The molecule has 1 saturated heterocycles. The minimum absolute atomic E-state index is 0.134. The van der Waals surface area contributed by atoms with Gasteiger partial charge in [-0.2, -0.15) is 0 Å². The van der Waals surface area contributed by atoms with Crippen LogP contribution < -0.4 is 5.32 Å². The van der Waals surface area contributed by atoms with Gasteiger partial charge >= 0.3 is 0 Å². The van der Waals surface area contributed by atoms with Crippen molar-refractivity contribution >= 4 is 39.2 Å². The number of rotatable bonds is 6. The number of aromatic nitrogens is 3. The Hall–Kier alpha value is -2.56. The Morgan fingerprint density at radius 3 is 2.58 bits per heavy atom. The van der Waals surface area contributed by atoms with Gasteiger partial charge in [0.15, 0.2) is 0 Å². The van der Waals surface area contributed by atoms with Crippen molar-refractivity contribution < 1.29 is 17.8 Å². The maximum Gasteiger partial charge on any atom is 0.253 e. The quantitative estimate of drug-likeness (QED) is 0.528. The zero-order valence-corrected chi connectivity index (χ0v) is 19.4. The molecule has 0 spiro atoms. The van der Waals surface area contributed by atoms with Gasteiger partial charge in [0.25, 0.3) is 11.8 Å². The van der Waals surface area contributed by atoms with E-state index in [-0.39, 0.29) is 37.6 Å². The maximum atomic E-state index is 13.7. The number of alkyl halides is 2. The molecular weight excluding hydrogens is 472 g/mol. The number of nitrogens with one attached hydrogen (secondary N) is 1. The van der Waals surface area contributed by atoms with Crippen molar-refractivity contribution in [3.05, 3.63) is 59.0 Å². The third-order valence-electron chi connectivity index (χ3n) is 5.68. The monoisotopic (exact) mass is 493 g/mol. The standard InChI is InChI=1S/C22H22ClF2N5O2S/c1-33(32)21-28-11-14(12-29-21)18(30-9-6-22(24,25)7-10-30)13-27-20(31)19-15-3-2-8-26-17(15)5-4-16(19)23/h2-5,8,11-12,18H,6-7,9-10,13H2,1H3,(H,27,31). The number of nitrogens with zero attached hydrogens (tertiary/aromatic N) is 4. The fraction of sp³-hybridized carbons (Fsp3) is 0.364. The predicted octanol–water partition coefficient (Wildman–Crippen LogP) is 3.62. The lowest BCUT2D eigenvalue weighted by molar-refractivity contribution is -0.0632. The van der Waals surface area contributed by atoms with Crippen molar-refractivity contribution in [3.8, 4) is 0 Å². The normalized spacial score (nSPS) is 18.1. The molecule has 1 aliphatic rings. The number of fused-ring (bicyclic) bond motifs is 1. The van der Waals surface area contributed by atoms with Crippen LogP contribution in [0.4, 0.5) is 8.78 Å².